The van der Waals surface area contributed by atoms with Gasteiger partial charge in [-0.15, -0.1) is 11.8 Å². The zero-order valence-corrected chi connectivity index (χ0v) is 12.7. The van der Waals surface area contributed by atoms with Crippen molar-refractivity contribution in [3.05, 3.63) is 34.6 Å². The summed E-state index contributed by atoms with van der Waals surface area (Å²) in [5.41, 5.74) is 0.00679. The molecule has 0 atom stereocenters. The van der Waals surface area contributed by atoms with E-state index in [2.05, 4.69) is 34.0 Å². The molecule has 1 fully saturated rings. The van der Waals surface area contributed by atoms with E-state index in [-0.39, 0.29) is 5.56 Å². The minimum atomic E-state index is 0.00679. The number of thioether (sulfide) groups is 1. The molecule has 1 aliphatic heterocycles. The van der Waals surface area contributed by atoms with E-state index in [4.69, 9.17) is 0 Å². The lowest BCUT2D eigenvalue weighted by Crippen LogP contribution is -2.45. The molecule has 0 radical (unpaired) electrons. The number of aromatic nitrogens is 1. The van der Waals surface area contributed by atoms with Crippen LogP contribution >= 0.6 is 11.8 Å². The third-order valence-corrected chi connectivity index (χ3v) is 4.69. The Morgan fingerprint density at radius 1 is 1.15 bits per heavy atom. The normalized spacial score (nSPS) is 16.8. The van der Waals surface area contributed by atoms with Crippen molar-refractivity contribution in [2.45, 2.75) is 4.90 Å². The Kier molecular flexibility index (Phi) is 3.72. The summed E-state index contributed by atoms with van der Waals surface area (Å²) in [4.78, 5) is 21.0. The first kappa shape index (κ1) is 13.5. The molecular formula is C15H19N3OS. The van der Waals surface area contributed by atoms with Crippen molar-refractivity contribution in [2.24, 2.45) is 0 Å². The Hall–Kier alpha value is -1.46. The van der Waals surface area contributed by atoms with Crippen molar-refractivity contribution in [1.29, 1.82) is 0 Å². The number of nitrogens with zero attached hydrogens (tertiary/aromatic N) is 2. The fourth-order valence-corrected chi connectivity index (χ4v) is 3.25. The predicted octanol–water partition coefficient (Wildman–Crippen LogP) is 2.00. The Morgan fingerprint density at radius 3 is 2.60 bits per heavy atom. The Labute approximate surface area is 122 Å². The summed E-state index contributed by atoms with van der Waals surface area (Å²) in [5, 5.41) is 1.83. The van der Waals surface area contributed by atoms with Crippen molar-refractivity contribution in [1.82, 2.24) is 9.88 Å². The summed E-state index contributed by atoms with van der Waals surface area (Å²) in [7, 11) is 2.13. The maximum absolute atomic E-state index is 12.3. The zero-order valence-electron chi connectivity index (χ0n) is 11.8. The van der Waals surface area contributed by atoms with Crippen LogP contribution in [-0.2, 0) is 0 Å². The van der Waals surface area contributed by atoms with E-state index in [9.17, 15) is 4.79 Å². The highest BCUT2D eigenvalue weighted by Crippen LogP contribution is 2.26. The van der Waals surface area contributed by atoms with Crippen LogP contribution in [0.25, 0.3) is 10.8 Å². The lowest BCUT2D eigenvalue weighted by Gasteiger charge is -2.33. The van der Waals surface area contributed by atoms with Gasteiger partial charge in [-0.3, -0.25) is 4.79 Å². The van der Waals surface area contributed by atoms with Gasteiger partial charge < -0.3 is 14.8 Å². The number of likely N-dealkylation sites (N-methyl/N-ethyl adjacent to an activating group) is 1. The van der Waals surface area contributed by atoms with Crippen molar-refractivity contribution >= 4 is 28.4 Å². The van der Waals surface area contributed by atoms with Crippen LogP contribution in [0.15, 0.2) is 34.0 Å². The van der Waals surface area contributed by atoms with E-state index in [0.29, 0.717) is 0 Å². The predicted molar refractivity (Wildman–Crippen MR) is 86.1 cm³/mol. The quantitative estimate of drug-likeness (QED) is 0.858. The van der Waals surface area contributed by atoms with Gasteiger partial charge in [0.25, 0.3) is 5.56 Å². The summed E-state index contributed by atoms with van der Waals surface area (Å²) >= 11 is 1.68. The standard InChI is InChI=1S/C15H19N3OS/c1-17-6-8-18(9-7-17)14-10-12-11(15(19)16-14)4-3-5-13(12)20-2/h3-5,10H,6-9H2,1-2H3,(H,16,19). The second kappa shape index (κ2) is 5.50. The molecule has 20 heavy (non-hydrogen) atoms. The number of aromatic amines is 1. The SMILES string of the molecule is CSc1cccc2c(=O)[nH]c(N3CCN(C)CC3)cc12. The number of pyridine rings is 1. The monoisotopic (exact) mass is 289 g/mol. The molecule has 0 spiro atoms. The van der Waals surface area contributed by atoms with E-state index < -0.39 is 0 Å². The molecule has 3 rings (SSSR count). The third-order valence-electron chi connectivity index (χ3n) is 3.90. The number of nitrogens with one attached hydrogen (secondary N) is 1. The van der Waals surface area contributed by atoms with Gasteiger partial charge in [-0.25, -0.2) is 0 Å². The molecule has 1 aromatic carbocycles. The summed E-state index contributed by atoms with van der Waals surface area (Å²) in [5.74, 6) is 0.942. The second-order valence-corrected chi connectivity index (χ2v) is 6.04. The number of hydrogen-bond donors (Lipinski definition) is 1. The Morgan fingerprint density at radius 2 is 1.90 bits per heavy atom. The van der Waals surface area contributed by atoms with Gasteiger partial charge in [-0.1, -0.05) is 6.07 Å². The smallest absolute Gasteiger partial charge is 0.257 e. The van der Waals surface area contributed by atoms with Crippen molar-refractivity contribution in [3.63, 3.8) is 0 Å². The molecule has 0 unspecified atom stereocenters. The topological polar surface area (TPSA) is 39.3 Å². The van der Waals surface area contributed by atoms with E-state index in [1.165, 1.54) is 0 Å². The molecular weight excluding hydrogens is 270 g/mol. The summed E-state index contributed by atoms with van der Waals surface area (Å²) in [6.07, 6.45) is 2.05. The number of H-pyrrole nitrogens is 1. The third kappa shape index (κ3) is 2.43. The molecule has 0 aliphatic carbocycles. The zero-order chi connectivity index (χ0) is 14.1. The van der Waals surface area contributed by atoms with Gasteiger partial charge >= 0.3 is 0 Å². The second-order valence-electron chi connectivity index (χ2n) is 5.20. The van der Waals surface area contributed by atoms with Gasteiger partial charge in [0.1, 0.15) is 5.82 Å². The number of fused-ring (bicyclic) bond motifs is 1. The molecule has 4 nitrogen and oxygen atoms in total. The van der Waals surface area contributed by atoms with Gasteiger partial charge in [-0.2, -0.15) is 0 Å². The van der Waals surface area contributed by atoms with Crippen LogP contribution in [0.5, 0.6) is 0 Å². The molecule has 1 N–H and O–H groups in total. The molecule has 1 aliphatic rings. The van der Waals surface area contributed by atoms with Gasteiger partial charge in [-0.05, 0) is 31.5 Å². The van der Waals surface area contributed by atoms with E-state index in [1.807, 2.05) is 18.4 Å². The summed E-state index contributed by atoms with van der Waals surface area (Å²) in [6.45, 7) is 3.98. The molecule has 0 bridgehead atoms. The Balaban J connectivity index is 2.07. The van der Waals surface area contributed by atoms with Crippen LogP contribution < -0.4 is 10.5 Å². The molecule has 2 aromatic rings. The van der Waals surface area contributed by atoms with Crippen LogP contribution in [0.4, 0.5) is 5.82 Å². The highest BCUT2D eigenvalue weighted by molar-refractivity contribution is 7.98. The van der Waals surface area contributed by atoms with Crippen molar-refractivity contribution < 1.29 is 0 Å². The van der Waals surface area contributed by atoms with Crippen LogP contribution in [0.3, 0.4) is 0 Å². The van der Waals surface area contributed by atoms with Gasteiger partial charge in [0.05, 0.1) is 0 Å². The average Bonchev–Trinajstić information content (AvgIpc) is 2.47. The van der Waals surface area contributed by atoms with Crippen LogP contribution in [-0.4, -0.2) is 49.4 Å². The first-order valence-electron chi connectivity index (χ1n) is 6.82. The van der Waals surface area contributed by atoms with Gasteiger partial charge in [0, 0.05) is 41.8 Å². The molecule has 1 saturated heterocycles. The van der Waals surface area contributed by atoms with Crippen molar-refractivity contribution in [2.75, 3.05) is 44.4 Å². The molecule has 0 saturated carbocycles. The van der Waals surface area contributed by atoms with E-state index in [1.54, 1.807) is 11.8 Å². The lowest BCUT2D eigenvalue weighted by molar-refractivity contribution is 0.312. The molecule has 1 aromatic heterocycles. The van der Waals surface area contributed by atoms with E-state index >= 15 is 0 Å². The average molecular weight is 289 g/mol. The van der Waals surface area contributed by atoms with Crippen LogP contribution in [0.1, 0.15) is 0 Å². The highest BCUT2D eigenvalue weighted by Gasteiger charge is 2.16. The van der Waals surface area contributed by atoms with E-state index in [0.717, 1.165) is 47.7 Å². The minimum absolute atomic E-state index is 0.00679. The van der Waals surface area contributed by atoms with Gasteiger partial charge in [0.2, 0.25) is 0 Å². The Bertz CT molecular complexity index is 674. The fourth-order valence-electron chi connectivity index (χ4n) is 2.64. The number of piperazine rings is 1. The number of rotatable bonds is 2. The molecule has 106 valence electrons. The number of anilines is 1. The summed E-state index contributed by atoms with van der Waals surface area (Å²) < 4.78 is 0. The molecule has 2 heterocycles. The fraction of sp³-hybridized carbons (Fsp3) is 0.400. The molecule has 0 amide bonds. The van der Waals surface area contributed by atoms with Crippen molar-refractivity contribution in [3.8, 4) is 0 Å². The number of benzene rings is 1. The largest absolute Gasteiger partial charge is 0.356 e. The maximum atomic E-state index is 12.3. The lowest BCUT2D eigenvalue weighted by atomic mass is 10.1. The van der Waals surface area contributed by atoms with Crippen LogP contribution in [0, 0.1) is 0 Å². The first-order valence-corrected chi connectivity index (χ1v) is 8.05. The van der Waals surface area contributed by atoms with Gasteiger partial charge in [0.15, 0.2) is 0 Å². The molecule has 5 heteroatoms. The maximum Gasteiger partial charge on any atom is 0.257 e. The minimum Gasteiger partial charge on any atom is -0.356 e. The first-order chi connectivity index (χ1) is 9.69. The van der Waals surface area contributed by atoms with Crippen LogP contribution in [0.2, 0.25) is 0 Å². The highest BCUT2D eigenvalue weighted by atomic mass is 32.2. The summed E-state index contributed by atoms with van der Waals surface area (Å²) in [6, 6.07) is 8.02. The number of hydrogen-bond acceptors (Lipinski definition) is 4.